The van der Waals surface area contributed by atoms with Gasteiger partial charge >= 0.3 is 0 Å². The lowest BCUT2D eigenvalue weighted by Gasteiger charge is -2.25. The number of benzene rings is 1. The van der Waals surface area contributed by atoms with Gasteiger partial charge in [-0.25, -0.2) is 8.42 Å². The Bertz CT molecular complexity index is 974. The summed E-state index contributed by atoms with van der Waals surface area (Å²) in [5.74, 6) is -0.151. The van der Waals surface area contributed by atoms with E-state index in [2.05, 4.69) is 12.1 Å². The quantitative estimate of drug-likeness (QED) is 0.810. The van der Waals surface area contributed by atoms with E-state index in [0.717, 1.165) is 25.7 Å². The van der Waals surface area contributed by atoms with Crippen molar-refractivity contribution in [2.45, 2.75) is 36.6 Å². The highest BCUT2D eigenvalue weighted by atomic mass is 32.2. The van der Waals surface area contributed by atoms with Crippen molar-refractivity contribution < 1.29 is 13.2 Å². The molecule has 1 aliphatic heterocycles. The van der Waals surface area contributed by atoms with Gasteiger partial charge in [0.25, 0.3) is 5.91 Å². The molecular weight excluding hydrogens is 362 g/mol. The first-order chi connectivity index (χ1) is 12.9. The van der Waals surface area contributed by atoms with Crippen LogP contribution in [0.15, 0.2) is 41.4 Å². The number of fused-ring (bicyclic) bond motifs is 1. The molecule has 1 aliphatic carbocycles. The van der Waals surface area contributed by atoms with Crippen LogP contribution in [0.4, 0.5) is 0 Å². The number of aromatic nitrogens is 1. The van der Waals surface area contributed by atoms with Gasteiger partial charge in [0.05, 0.1) is 6.04 Å². The van der Waals surface area contributed by atoms with Crippen LogP contribution in [0, 0.1) is 0 Å². The van der Waals surface area contributed by atoms with E-state index in [-0.39, 0.29) is 16.8 Å². The van der Waals surface area contributed by atoms with E-state index in [9.17, 15) is 13.2 Å². The maximum absolute atomic E-state index is 13.1. The molecule has 1 saturated heterocycles. The zero-order valence-electron chi connectivity index (χ0n) is 15.8. The first-order valence-corrected chi connectivity index (χ1v) is 10.8. The number of rotatable bonds is 4. The lowest BCUT2D eigenvalue weighted by atomic mass is 10.1. The van der Waals surface area contributed by atoms with E-state index < -0.39 is 10.0 Å². The van der Waals surface area contributed by atoms with Crippen molar-refractivity contribution in [3.05, 3.63) is 53.3 Å². The third-order valence-corrected chi connectivity index (χ3v) is 7.65. The summed E-state index contributed by atoms with van der Waals surface area (Å²) < 4.78 is 28.7. The van der Waals surface area contributed by atoms with Crippen molar-refractivity contribution in [2.75, 3.05) is 20.1 Å². The van der Waals surface area contributed by atoms with Crippen LogP contribution < -0.4 is 0 Å². The van der Waals surface area contributed by atoms with Crippen LogP contribution in [-0.2, 0) is 23.5 Å². The Morgan fingerprint density at radius 2 is 1.89 bits per heavy atom. The van der Waals surface area contributed by atoms with Gasteiger partial charge in [-0.15, -0.1) is 0 Å². The molecule has 6 nitrogen and oxygen atoms in total. The lowest BCUT2D eigenvalue weighted by molar-refractivity contribution is 0.0721. The Morgan fingerprint density at radius 3 is 2.63 bits per heavy atom. The third kappa shape index (κ3) is 3.08. The van der Waals surface area contributed by atoms with Crippen molar-refractivity contribution in [3.8, 4) is 0 Å². The monoisotopic (exact) mass is 387 g/mol. The minimum Gasteiger partial charge on any atom is -0.345 e. The van der Waals surface area contributed by atoms with Gasteiger partial charge in [0.1, 0.15) is 10.6 Å². The van der Waals surface area contributed by atoms with Gasteiger partial charge in [-0.2, -0.15) is 4.31 Å². The summed E-state index contributed by atoms with van der Waals surface area (Å²) in [6, 6.07) is 9.76. The molecule has 0 N–H and O–H groups in total. The number of carbonyl (C=O) groups excluding carboxylic acids is 1. The smallest absolute Gasteiger partial charge is 0.270 e. The molecule has 2 heterocycles. The van der Waals surface area contributed by atoms with Crippen molar-refractivity contribution in [1.82, 2.24) is 13.8 Å². The van der Waals surface area contributed by atoms with Crippen LogP contribution >= 0.6 is 0 Å². The normalized spacial score (nSPS) is 20.0. The summed E-state index contributed by atoms with van der Waals surface area (Å²) in [4.78, 5) is 15.1. The lowest BCUT2D eigenvalue weighted by Crippen LogP contribution is -2.31. The highest BCUT2D eigenvalue weighted by Gasteiger charge is 2.32. The Kier molecular flexibility index (Phi) is 4.60. The zero-order valence-corrected chi connectivity index (χ0v) is 16.6. The van der Waals surface area contributed by atoms with E-state index in [1.807, 2.05) is 12.1 Å². The van der Waals surface area contributed by atoms with Crippen LogP contribution in [0.2, 0.25) is 0 Å². The molecule has 0 bridgehead atoms. The average Bonchev–Trinajstić information content (AvgIpc) is 3.39. The molecule has 4 rings (SSSR count). The number of aryl methyl sites for hydroxylation is 2. The topological polar surface area (TPSA) is 62.6 Å². The molecule has 1 amide bonds. The highest BCUT2D eigenvalue weighted by molar-refractivity contribution is 7.89. The fraction of sp³-hybridized carbons (Fsp3) is 0.450. The molecule has 2 aliphatic rings. The van der Waals surface area contributed by atoms with Gasteiger partial charge in [-0.05, 0) is 42.9 Å². The van der Waals surface area contributed by atoms with Gasteiger partial charge in [0.15, 0.2) is 0 Å². The first-order valence-electron chi connectivity index (χ1n) is 9.41. The fourth-order valence-electron chi connectivity index (χ4n) is 4.22. The summed E-state index contributed by atoms with van der Waals surface area (Å²) in [5.41, 5.74) is 2.87. The Hall–Kier alpha value is -2.12. The molecular formula is C20H25N3O3S. The molecule has 144 valence electrons. The zero-order chi connectivity index (χ0) is 19.2. The van der Waals surface area contributed by atoms with E-state index >= 15 is 0 Å². The number of sulfonamides is 1. The molecule has 0 saturated carbocycles. The third-order valence-electron chi connectivity index (χ3n) is 5.79. The summed E-state index contributed by atoms with van der Waals surface area (Å²) in [6.45, 7) is 1.11. The second-order valence-corrected chi connectivity index (χ2v) is 9.39. The molecule has 1 aromatic heterocycles. The Morgan fingerprint density at radius 1 is 1.19 bits per heavy atom. The molecule has 0 radical (unpaired) electrons. The maximum atomic E-state index is 13.1. The van der Waals surface area contributed by atoms with E-state index in [0.29, 0.717) is 18.8 Å². The number of nitrogens with zero attached hydrogens (tertiary/aromatic N) is 3. The molecule has 1 unspecified atom stereocenters. The van der Waals surface area contributed by atoms with Crippen molar-refractivity contribution in [2.24, 2.45) is 7.05 Å². The minimum absolute atomic E-state index is 0.0299. The molecule has 1 atom stereocenters. The fourth-order valence-corrected chi connectivity index (χ4v) is 5.81. The summed E-state index contributed by atoms with van der Waals surface area (Å²) >= 11 is 0. The molecule has 0 spiro atoms. The Balaban J connectivity index is 1.61. The van der Waals surface area contributed by atoms with Crippen LogP contribution in [0.1, 0.15) is 46.9 Å². The SMILES string of the molecule is CN(C(=O)c1cc(S(=O)(=O)N2CCCC2)cn1C)C1CCc2ccccc21. The van der Waals surface area contributed by atoms with E-state index in [4.69, 9.17) is 0 Å². The van der Waals surface area contributed by atoms with Crippen molar-refractivity contribution >= 4 is 15.9 Å². The van der Waals surface area contributed by atoms with Gasteiger partial charge in [-0.3, -0.25) is 4.79 Å². The van der Waals surface area contributed by atoms with Crippen molar-refractivity contribution in [1.29, 1.82) is 0 Å². The summed E-state index contributed by atoms with van der Waals surface area (Å²) in [6.07, 6.45) is 5.19. The molecule has 27 heavy (non-hydrogen) atoms. The number of hydrogen-bond donors (Lipinski definition) is 0. The second-order valence-electron chi connectivity index (χ2n) is 7.45. The van der Waals surface area contributed by atoms with Crippen LogP contribution in [0.25, 0.3) is 0 Å². The van der Waals surface area contributed by atoms with Crippen LogP contribution in [0.3, 0.4) is 0 Å². The maximum Gasteiger partial charge on any atom is 0.270 e. The molecule has 7 heteroatoms. The van der Waals surface area contributed by atoms with Gasteiger partial charge in [-0.1, -0.05) is 24.3 Å². The van der Waals surface area contributed by atoms with Crippen LogP contribution in [-0.4, -0.2) is 48.2 Å². The van der Waals surface area contributed by atoms with E-state index in [1.54, 1.807) is 29.8 Å². The van der Waals surface area contributed by atoms with Crippen LogP contribution in [0.5, 0.6) is 0 Å². The Labute approximate surface area is 160 Å². The van der Waals surface area contributed by atoms with Gasteiger partial charge < -0.3 is 9.47 Å². The van der Waals surface area contributed by atoms with Gasteiger partial charge in [0, 0.05) is 33.4 Å². The predicted octanol–water partition coefficient (Wildman–Crippen LogP) is 2.57. The largest absolute Gasteiger partial charge is 0.345 e. The number of hydrogen-bond acceptors (Lipinski definition) is 3. The average molecular weight is 388 g/mol. The highest BCUT2D eigenvalue weighted by Crippen LogP contribution is 2.35. The summed E-state index contributed by atoms with van der Waals surface area (Å²) in [5, 5.41) is 0. The summed E-state index contributed by atoms with van der Waals surface area (Å²) in [7, 11) is 0.00565. The molecule has 1 aromatic carbocycles. The standard InChI is InChI=1S/C20H25N3O3S/c1-21-14-16(27(25,26)23-11-5-6-12-23)13-19(21)20(24)22(2)18-10-9-15-7-3-4-8-17(15)18/h3-4,7-8,13-14,18H,5-6,9-12H2,1-2H3. The first kappa shape index (κ1) is 18.3. The van der Waals surface area contributed by atoms with E-state index in [1.165, 1.54) is 21.5 Å². The van der Waals surface area contributed by atoms with Crippen molar-refractivity contribution in [3.63, 3.8) is 0 Å². The molecule has 2 aromatic rings. The number of carbonyl (C=O) groups is 1. The second kappa shape index (κ2) is 6.80. The molecule has 1 fully saturated rings. The minimum atomic E-state index is -3.53. The number of amides is 1. The predicted molar refractivity (Wildman–Crippen MR) is 103 cm³/mol. The van der Waals surface area contributed by atoms with Gasteiger partial charge in [0.2, 0.25) is 10.0 Å².